The van der Waals surface area contributed by atoms with Gasteiger partial charge >= 0.3 is 0 Å². The molecule has 2 aliphatic heterocycles. The Morgan fingerprint density at radius 1 is 1.06 bits per heavy atom. The smallest absolute Gasteiger partial charge is 0.244 e. The van der Waals surface area contributed by atoms with Gasteiger partial charge in [-0.3, -0.25) is 9.69 Å². The molecule has 1 aromatic heterocycles. The SMILES string of the molecule is O=C1[C@@H](N2CCOCC2c2cc(Cl)cc(Cl)c2)CCN1c1ccc(S(=O)(=O)Cc2nccs2)cc1. The number of hydrogen-bond acceptors (Lipinski definition) is 7. The van der Waals surface area contributed by atoms with Gasteiger partial charge in [0.2, 0.25) is 5.91 Å². The lowest BCUT2D eigenvalue weighted by molar-refractivity contribution is -0.125. The lowest BCUT2D eigenvalue weighted by Gasteiger charge is -2.39. The fourth-order valence-electron chi connectivity index (χ4n) is 4.68. The van der Waals surface area contributed by atoms with E-state index < -0.39 is 9.84 Å². The number of nitrogens with zero attached hydrogens (tertiary/aromatic N) is 3. The fourth-order valence-corrected chi connectivity index (χ4v) is 7.48. The molecule has 2 saturated heterocycles. The number of carbonyl (C=O) groups excluding carboxylic acids is 1. The first-order valence-electron chi connectivity index (χ1n) is 11.1. The van der Waals surface area contributed by atoms with Crippen LogP contribution in [0.15, 0.2) is 58.9 Å². The molecule has 11 heteroatoms. The summed E-state index contributed by atoms with van der Waals surface area (Å²) >= 11 is 13.8. The molecule has 1 unspecified atom stereocenters. The lowest BCUT2D eigenvalue weighted by atomic mass is 10.0. The van der Waals surface area contributed by atoms with E-state index in [1.807, 2.05) is 12.1 Å². The lowest BCUT2D eigenvalue weighted by Crippen LogP contribution is -2.49. The molecule has 7 nitrogen and oxygen atoms in total. The molecule has 2 atom stereocenters. The van der Waals surface area contributed by atoms with Gasteiger partial charge in [0, 0.05) is 40.4 Å². The average molecular weight is 553 g/mol. The van der Waals surface area contributed by atoms with Crippen molar-refractivity contribution in [2.45, 2.75) is 29.2 Å². The van der Waals surface area contributed by atoms with Gasteiger partial charge in [0.25, 0.3) is 0 Å². The predicted molar refractivity (Wildman–Crippen MR) is 137 cm³/mol. The summed E-state index contributed by atoms with van der Waals surface area (Å²) in [6.45, 7) is 2.16. The normalized spacial score (nSPS) is 21.5. The van der Waals surface area contributed by atoms with Crippen molar-refractivity contribution in [2.75, 3.05) is 31.2 Å². The Kier molecular flexibility index (Phi) is 7.16. The van der Waals surface area contributed by atoms with Crippen LogP contribution in [0, 0.1) is 0 Å². The molecule has 0 spiro atoms. The predicted octanol–water partition coefficient (Wildman–Crippen LogP) is 4.60. The van der Waals surface area contributed by atoms with Crippen LogP contribution in [-0.4, -0.2) is 56.6 Å². The highest BCUT2D eigenvalue weighted by Gasteiger charge is 2.41. The summed E-state index contributed by atoms with van der Waals surface area (Å²) in [5, 5.41) is 3.39. The second-order valence-electron chi connectivity index (χ2n) is 8.50. The molecule has 2 aliphatic rings. The first-order valence-corrected chi connectivity index (χ1v) is 14.4. The second kappa shape index (κ2) is 10.2. The second-order valence-corrected chi connectivity index (χ2v) is 12.3. The van der Waals surface area contributed by atoms with Gasteiger partial charge < -0.3 is 9.64 Å². The van der Waals surface area contributed by atoms with Crippen LogP contribution in [0.25, 0.3) is 0 Å². The summed E-state index contributed by atoms with van der Waals surface area (Å²) in [7, 11) is -3.51. The first-order chi connectivity index (χ1) is 16.8. The van der Waals surface area contributed by atoms with Gasteiger partial charge in [-0.25, -0.2) is 13.4 Å². The molecule has 0 bridgehead atoms. The molecule has 0 aliphatic carbocycles. The van der Waals surface area contributed by atoms with Crippen molar-refractivity contribution in [1.29, 1.82) is 0 Å². The molecule has 0 saturated carbocycles. The standard InChI is InChI=1S/C24H23Cl2N3O4S2/c25-17-11-16(12-18(26)13-17)22-14-33-9-8-29(22)21-5-7-28(24(21)30)19-1-3-20(4-2-19)35(31,32)15-23-27-6-10-34-23/h1-4,6,10-13,21-22H,5,7-9,14-15H2/t21-,22?/m0/s1. The van der Waals surface area contributed by atoms with E-state index in [2.05, 4.69) is 9.88 Å². The van der Waals surface area contributed by atoms with Gasteiger partial charge in [0.05, 0.1) is 30.2 Å². The van der Waals surface area contributed by atoms with E-state index in [1.165, 1.54) is 11.3 Å². The first kappa shape index (κ1) is 24.7. The highest BCUT2D eigenvalue weighted by molar-refractivity contribution is 7.90. The zero-order valence-corrected chi connectivity index (χ0v) is 21.8. The van der Waals surface area contributed by atoms with Gasteiger partial charge in [-0.2, -0.15) is 0 Å². The Bertz CT molecular complexity index is 1300. The van der Waals surface area contributed by atoms with Gasteiger partial charge in [0.1, 0.15) is 10.8 Å². The maximum Gasteiger partial charge on any atom is 0.244 e. The van der Waals surface area contributed by atoms with E-state index in [9.17, 15) is 13.2 Å². The van der Waals surface area contributed by atoms with Crippen LogP contribution in [0.1, 0.15) is 23.0 Å². The molecule has 2 fully saturated rings. The summed E-state index contributed by atoms with van der Waals surface area (Å²) in [6.07, 6.45) is 2.25. The van der Waals surface area contributed by atoms with E-state index in [1.54, 1.807) is 46.8 Å². The Hall–Kier alpha value is -2.01. The van der Waals surface area contributed by atoms with Crippen molar-refractivity contribution in [3.8, 4) is 0 Å². The van der Waals surface area contributed by atoms with E-state index >= 15 is 0 Å². The summed E-state index contributed by atoms with van der Waals surface area (Å²) in [5.74, 6) is -0.149. The summed E-state index contributed by atoms with van der Waals surface area (Å²) in [6, 6.07) is 11.5. The number of hydrogen-bond donors (Lipinski definition) is 0. The van der Waals surface area contributed by atoms with Crippen molar-refractivity contribution in [3.05, 3.63) is 74.7 Å². The molecule has 3 heterocycles. The fraction of sp³-hybridized carbons (Fsp3) is 0.333. The third-order valence-corrected chi connectivity index (χ3v) is 9.36. The molecular weight excluding hydrogens is 529 g/mol. The van der Waals surface area contributed by atoms with Crippen LogP contribution in [0.2, 0.25) is 10.0 Å². The number of halogens is 2. The van der Waals surface area contributed by atoms with Crippen molar-refractivity contribution >= 4 is 56.0 Å². The quantitative estimate of drug-likeness (QED) is 0.445. The summed E-state index contributed by atoms with van der Waals surface area (Å²) < 4.78 is 31.2. The zero-order chi connectivity index (χ0) is 24.6. The Balaban J connectivity index is 1.33. The monoisotopic (exact) mass is 551 g/mol. The van der Waals surface area contributed by atoms with Crippen molar-refractivity contribution < 1.29 is 17.9 Å². The highest BCUT2D eigenvalue weighted by Crippen LogP contribution is 2.34. The van der Waals surface area contributed by atoms with Crippen molar-refractivity contribution in [3.63, 3.8) is 0 Å². The van der Waals surface area contributed by atoms with Crippen LogP contribution in [0.5, 0.6) is 0 Å². The minimum absolute atomic E-state index is 0.0107. The van der Waals surface area contributed by atoms with E-state index in [0.717, 1.165) is 5.56 Å². The number of rotatable bonds is 6. The number of morpholine rings is 1. The molecule has 3 aromatic rings. The largest absolute Gasteiger partial charge is 0.378 e. The number of amides is 1. The van der Waals surface area contributed by atoms with E-state index in [0.29, 0.717) is 53.5 Å². The highest BCUT2D eigenvalue weighted by atomic mass is 35.5. The molecule has 1 amide bonds. The third kappa shape index (κ3) is 5.26. The molecule has 184 valence electrons. The Labute approximate surface area is 218 Å². The number of ether oxygens (including phenoxy) is 1. The number of anilines is 1. The topological polar surface area (TPSA) is 79.8 Å². The minimum atomic E-state index is -3.51. The van der Waals surface area contributed by atoms with Crippen LogP contribution in [0.3, 0.4) is 0 Å². The molecule has 35 heavy (non-hydrogen) atoms. The maximum atomic E-state index is 13.5. The van der Waals surface area contributed by atoms with Crippen LogP contribution < -0.4 is 4.90 Å². The van der Waals surface area contributed by atoms with E-state index in [-0.39, 0.29) is 28.6 Å². The molecule has 2 aromatic carbocycles. The number of benzene rings is 2. The molecular formula is C24H23Cl2N3O4S2. The van der Waals surface area contributed by atoms with E-state index in [4.69, 9.17) is 27.9 Å². The maximum absolute atomic E-state index is 13.5. The van der Waals surface area contributed by atoms with Gasteiger partial charge in [-0.1, -0.05) is 23.2 Å². The third-order valence-electron chi connectivity index (χ3n) is 6.32. The number of thiazole rings is 1. The Morgan fingerprint density at radius 3 is 2.49 bits per heavy atom. The summed E-state index contributed by atoms with van der Waals surface area (Å²) in [5.41, 5.74) is 1.60. The Morgan fingerprint density at radius 2 is 1.80 bits per heavy atom. The van der Waals surface area contributed by atoms with Gasteiger partial charge in [0.15, 0.2) is 9.84 Å². The minimum Gasteiger partial charge on any atom is -0.378 e. The molecule has 0 radical (unpaired) electrons. The van der Waals surface area contributed by atoms with Gasteiger partial charge in [-0.05, 0) is 54.4 Å². The summed E-state index contributed by atoms with van der Waals surface area (Å²) in [4.78, 5) is 21.6. The van der Waals surface area contributed by atoms with Crippen LogP contribution in [0.4, 0.5) is 5.69 Å². The number of carbonyl (C=O) groups is 1. The van der Waals surface area contributed by atoms with Crippen LogP contribution >= 0.6 is 34.5 Å². The molecule has 5 rings (SSSR count). The number of sulfone groups is 1. The number of aromatic nitrogens is 1. The van der Waals surface area contributed by atoms with Crippen molar-refractivity contribution in [1.82, 2.24) is 9.88 Å². The van der Waals surface area contributed by atoms with Crippen LogP contribution in [-0.2, 0) is 25.1 Å². The van der Waals surface area contributed by atoms with Crippen molar-refractivity contribution in [2.24, 2.45) is 0 Å². The van der Waals surface area contributed by atoms with Gasteiger partial charge in [-0.15, -0.1) is 11.3 Å². The molecule has 0 N–H and O–H groups in total. The zero-order valence-electron chi connectivity index (χ0n) is 18.6. The average Bonchev–Trinajstić information content (AvgIpc) is 3.47.